The number of urea groups is 1. The van der Waals surface area contributed by atoms with Crippen LogP contribution >= 0.6 is 11.6 Å². The third-order valence-corrected chi connectivity index (χ3v) is 13.9. The normalized spacial score (nSPS) is 19.2. The van der Waals surface area contributed by atoms with E-state index in [0.29, 0.717) is 31.4 Å². The number of aromatic amines is 1. The lowest BCUT2D eigenvalue weighted by Gasteiger charge is -2.45. The summed E-state index contributed by atoms with van der Waals surface area (Å²) in [7, 11) is 3.01. The first-order chi connectivity index (χ1) is 33.0. The van der Waals surface area contributed by atoms with Gasteiger partial charge in [-0.25, -0.2) is 26.7 Å². The molecule has 3 fully saturated rings. The fraction of sp³-hybridized carbons (Fsp3) is 0.396. The van der Waals surface area contributed by atoms with Crippen LogP contribution in [0.3, 0.4) is 0 Å². The number of halogens is 6. The highest BCUT2D eigenvalue weighted by atomic mass is 35.5. The summed E-state index contributed by atoms with van der Waals surface area (Å²) in [6.45, 7) is 0.716. The second-order valence-electron chi connectivity index (χ2n) is 18.1. The number of piperidine rings is 2. The number of H-pyrrole nitrogens is 1. The van der Waals surface area contributed by atoms with Crippen molar-refractivity contribution < 1.29 is 45.9 Å². The topological polar surface area (TPSA) is 160 Å². The van der Waals surface area contributed by atoms with E-state index in [1.807, 2.05) is 0 Å². The number of rotatable bonds is 10. The molecule has 21 heteroatoms. The molecule has 0 radical (unpaired) electrons. The number of nitrogens with zero attached hydrogens (tertiary/aromatic N) is 8. The number of alkyl halides is 2. The highest BCUT2D eigenvalue weighted by Crippen LogP contribution is 2.45. The number of hydrogen-bond donors (Lipinski definition) is 2. The maximum Gasteiger partial charge on any atom is 0.328 e. The predicted molar refractivity (Wildman–Crippen MR) is 245 cm³/mol. The number of aryl methyl sites for hydroxylation is 1. The molecule has 5 aromatic rings. The number of hydrogen-bond acceptors (Lipinski definition) is 8. The molecule has 0 aliphatic carbocycles. The van der Waals surface area contributed by atoms with Gasteiger partial charge in [0.2, 0.25) is 11.8 Å². The lowest BCUT2D eigenvalue weighted by molar-refractivity contribution is -0.131. The largest absolute Gasteiger partial charge is 0.348 e. The van der Waals surface area contributed by atoms with Crippen molar-refractivity contribution in [3.63, 3.8) is 0 Å². The van der Waals surface area contributed by atoms with Crippen molar-refractivity contribution in [3.8, 4) is 11.1 Å². The molecule has 4 aliphatic rings. The molecule has 1 atom stereocenters. The second kappa shape index (κ2) is 19.0. The van der Waals surface area contributed by atoms with E-state index in [1.165, 1.54) is 71.2 Å². The van der Waals surface area contributed by atoms with E-state index in [4.69, 9.17) is 11.6 Å². The van der Waals surface area contributed by atoms with Gasteiger partial charge >= 0.3 is 6.03 Å². The minimum Gasteiger partial charge on any atom is -0.348 e. The summed E-state index contributed by atoms with van der Waals surface area (Å²) in [4.78, 5) is 74.3. The van der Waals surface area contributed by atoms with Gasteiger partial charge in [0, 0.05) is 99.5 Å². The fourth-order valence-electron chi connectivity index (χ4n) is 9.91. The Balaban J connectivity index is 0.915. The molecular formula is C48H48ClF5N10O5. The first-order valence-electron chi connectivity index (χ1n) is 22.7. The molecule has 3 saturated heterocycles. The number of aromatic nitrogens is 4. The zero-order valence-corrected chi connectivity index (χ0v) is 38.5. The Morgan fingerprint density at radius 1 is 0.884 bits per heavy atom. The van der Waals surface area contributed by atoms with E-state index in [9.17, 15) is 24.0 Å². The molecule has 69 heavy (non-hydrogen) atoms. The average Bonchev–Trinajstić information content (AvgIpc) is 4.04. The second-order valence-corrected chi connectivity index (χ2v) is 18.5. The number of anilines is 1. The average molecular weight is 975 g/mol. The Hall–Kier alpha value is -6.67. The molecule has 15 nitrogen and oxygen atoms in total. The van der Waals surface area contributed by atoms with Gasteiger partial charge in [-0.3, -0.25) is 39.0 Å². The summed E-state index contributed by atoms with van der Waals surface area (Å²) in [5.41, 5.74) is -0.0192. The molecule has 362 valence electrons. The summed E-state index contributed by atoms with van der Waals surface area (Å²) in [5.74, 6) is -10.2. The molecule has 0 bridgehead atoms. The minimum atomic E-state index is -3.48. The highest BCUT2D eigenvalue weighted by molar-refractivity contribution is 6.34. The van der Waals surface area contributed by atoms with Crippen molar-refractivity contribution in [1.82, 2.24) is 44.9 Å². The maximum absolute atomic E-state index is 16.6. The van der Waals surface area contributed by atoms with Crippen LogP contribution in [0.2, 0.25) is 5.02 Å². The Labute approximate surface area is 397 Å². The molecule has 6 heterocycles. The Kier molecular flexibility index (Phi) is 13.1. The lowest BCUT2D eigenvalue weighted by Crippen LogP contribution is -2.54. The van der Waals surface area contributed by atoms with Crippen molar-refractivity contribution in [2.75, 3.05) is 64.8 Å². The zero-order valence-electron chi connectivity index (χ0n) is 37.7. The molecule has 0 spiro atoms. The third kappa shape index (κ3) is 9.30. The molecular weight excluding hydrogens is 927 g/mol. The van der Waals surface area contributed by atoms with Crippen LogP contribution in [0.4, 0.5) is 32.4 Å². The minimum absolute atomic E-state index is 0.00272. The van der Waals surface area contributed by atoms with Gasteiger partial charge < -0.3 is 19.7 Å². The van der Waals surface area contributed by atoms with Crippen molar-refractivity contribution in [2.45, 2.75) is 63.0 Å². The molecule has 3 aromatic carbocycles. The first kappa shape index (κ1) is 47.4. The standard InChI is InChI=1S/C48H48ClF5N10O5/c1-59(2)46(68)37-24-34-33(23-32(43(52)44(34)56-37)28-4-3-15-61(25-28)40(66)13-19-63-21-14-55-58-63)30-6-7-31(42(51)41(30)50)35-11-18-62(26-48(35,53)54)29-9-16-60(17-10-29)45(67)27-5-8-36(49)38(22-27)64-20-12-39(65)57-47(64)69/h4-8,14,21-24,29,35,56H,3,9-13,15-20,25-26H2,1-2H3,(H,57,65,69)/t35-/m1/s1. The maximum atomic E-state index is 16.6. The Bertz CT molecular complexity index is 2900. The summed E-state index contributed by atoms with van der Waals surface area (Å²) in [6, 6.07) is 8.62. The van der Waals surface area contributed by atoms with Crippen molar-refractivity contribution in [3.05, 3.63) is 106 Å². The van der Waals surface area contributed by atoms with Crippen molar-refractivity contribution in [1.29, 1.82) is 0 Å². The van der Waals surface area contributed by atoms with E-state index < -0.39 is 59.2 Å². The quantitative estimate of drug-likeness (QED) is 0.141. The number of carbonyl (C=O) groups excluding carboxylic acids is 5. The van der Waals surface area contributed by atoms with Gasteiger partial charge in [-0.05, 0) is 73.7 Å². The van der Waals surface area contributed by atoms with Crippen LogP contribution in [0.15, 0.2) is 60.9 Å². The Morgan fingerprint density at radius 2 is 1.67 bits per heavy atom. The number of fused-ring (bicyclic) bond motifs is 1. The SMILES string of the molecule is CN(C)C(=O)c1cc2c(-c3ccc([C@H]4CCN(C5CCN(C(=O)c6ccc(Cl)c(N7CCC(=O)NC7=O)c6)CC5)CC4(F)F)c(F)c3F)cc(C3=CCCN(C(=O)CCn4ccnn4)C3)c(F)c2[nH]1. The predicted octanol–water partition coefficient (Wildman–Crippen LogP) is 7.08. The van der Waals surface area contributed by atoms with E-state index in [2.05, 4.69) is 20.6 Å². The van der Waals surface area contributed by atoms with Crippen LogP contribution in [0.5, 0.6) is 0 Å². The third-order valence-electron chi connectivity index (χ3n) is 13.6. The van der Waals surface area contributed by atoms with Crippen LogP contribution in [0, 0.1) is 17.5 Å². The summed E-state index contributed by atoms with van der Waals surface area (Å²) < 4.78 is 83.8. The van der Waals surface area contributed by atoms with E-state index >= 15 is 22.0 Å². The van der Waals surface area contributed by atoms with Gasteiger partial charge in [-0.1, -0.05) is 35.0 Å². The van der Waals surface area contributed by atoms with Gasteiger partial charge in [0.15, 0.2) is 17.5 Å². The molecule has 2 N–H and O–H groups in total. The van der Waals surface area contributed by atoms with Gasteiger partial charge in [0.25, 0.3) is 17.7 Å². The highest BCUT2D eigenvalue weighted by Gasteiger charge is 2.48. The first-order valence-corrected chi connectivity index (χ1v) is 23.0. The number of imide groups is 1. The monoisotopic (exact) mass is 974 g/mol. The van der Waals surface area contributed by atoms with E-state index in [1.54, 1.807) is 27.0 Å². The van der Waals surface area contributed by atoms with E-state index in [0.717, 1.165) is 6.07 Å². The fourth-order valence-corrected chi connectivity index (χ4v) is 10.1. The molecule has 9 rings (SSSR count). The molecule has 2 aromatic heterocycles. The van der Waals surface area contributed by atoms with Gasteiger partial charge in [-0.2, -0.15) is 0 Å². The Morgan fingerprint density at radius 3 is 2.38 bits per heavy atom. The van der Waals surface area contributed by atoms with Crippen LogP contribution in [0.25, 0.3) is 27.6 Å². The summed E-state index contributed by atoms with van der Waals surface area (Å²) in [6.07, 6.45) is 6.02. The smallest absolute Gasteiger partial charge is 0.328 e. The molecule has 6 amide bonds. The lowest BCUT2D eigenvalue weighted by atomic mass is 9.83. The number of carbonyl (C=O) groups is 5. The molecule has 4 aliphatic heterocycles. The van der Waals surface area contributed by atoms with E-state index in [-0.39, 0.29) is 126 Å². The number of nitrogens with one attached hydrogen (secondary N) is 2. The van der Waals surface area contributed by atoms with Gasteiger partial charge in [0.1, 0.15) is 5.69 Å². The van der Waals surface area contributed by atoms with Gasteiger partial charge in [0.05, 0.1) is 41.4 Å². The number of amides is 6. The zero-order chi connectivity index (χ0) is 48.9. The number of benzene rings is 3. The summed E-state index contributed by atoms with van der Waals surface area (Å²) >= 11 is 6.37. The van der Waals surface area contributed by atoms with Crippen LogP contribution in [0.1, 0.15) is 76.4 Å². The van der Waals surface area contributed by atoms with Gasteiger partial charge in [-0.15, -0.1) is 5.10 Å². The molecule has 0 saturated carbocycles. The van der Waals surface area contributed by atoms with Crippen molar-refractivity contribution >= 4 is 63.4 Å². The van der Waals surface area contributed by atoms with Crippen LogP contribution in [-0.2, 0) is 16.1 Å². The van der Waals surface area contributed by atoms with Crippen molar-refractivity contribution in [2.24, 2.45) is 0 Å². The van der Waals surface area contributed by atoms with Crippen LogP contribution < -0.4 is 10.2 Å². The summed E-state index contributed by atoms with van der Waals surface area (Å²) in [5, 5.41) is 10.2. The number of likely N-dealkylation sites (tertiary alicyclic amines) is 2. The molecule has 0 unspecified atom stereocenters. The van der Waals surface area contributed by atoms with Crippen LogP contribution in [-0.4, -0.2) is 141 Å².